The predicted molar refractivity (Wildman–Crippen MR) is 80.8 cm³/mol. The van der Waals surface area contributed by atoms with Crippen molar-refractivity contribution in [1.29, 1.82) is 0 Å². The van der Waals surface area contributed by atoms with Crippen LogP contribution in [0.5, 0.6) is 0 Å². The Bertz CT molecular complexity index is 345. The van der Waals surface area contributed by atoms with E-state index in [0.29, 0.717) is 0 Å². The fraction of sp³-hybridized carbons (Fsp3) is 0.938. The fourth-order valence-electron chi connectivity index (χ4n) is 4.08. The van der Waals surface area contributed by atoms with Gasteiger partial charge < -0.3 is 10.0 Å². The van der Waals surface area contributed by atoms with Gasteiger partial charge in [0.15, 0.2) is 0 Å². The van der Waals surface area contributed by atoms with Gasteiger partial charge in [0.2, 0.25) is 0 Å². The number of carboxylic acid groups (broad SMARTS) is 1. The summed E-state index contributed by atoms with van der Waals surface area (Å²) in [6, 6.07) is 0.221. The summed E-state index contributed by atoms with van der Waals surface area (Å²) in [5, 5.41) is 13.1. The van der Waals surface area contributed by atoms with Crippen molar-refractivity contribution in [2.75, 3.05) is 19.6 Å². The van der Waals surface area contributed by atoms with Crippen LogP contribution >= 0.6 is 0 Å². The summed E-state index contributed by atoms with van der Waals surface area (Å²) < 4.78 is 0. The van der Waals surface area contributed by atoms with Gasteiger partial charge in [-0.3, -0.25) is 10.1 Å². The molecule has 1 aliphatic carbocycles. The molecular weight excluding hydrogens is 252 g/mol. The van der Waals surface area contributed by atoms with Gasteiger partial charge in [-0.15, -0.1) is 0 Å². The summed E-state index contributed by atoms with van der Waals surface area (Å²) in [4.78, 5) is 14.3. The van der Waals surface area contributed by atoms with Crippen LogP contribution in [0.1, 0.15) is 52.9 Å². The van der Waals surface area contributed by atoms with Crippen LogP contribution in [-0.2, 0) is 4.79 Å². The molecule has 0 aromatic rings. The van der Waals surface area contributed by atoms with E-state index in [9.17, 15) is 9.90 Å². The molecule has 1 heterocycles. The zero-order valence-electron chi connectivity index (χ0n) is 13.2. The SMILES string of the molecule is CC1CCN(CCC2CCCC2(NC(C)C)C(=O)O)C1. The number of likely N-dealkylation sites (tertiary alicyclic amines) is 1. The van der Waals surface area contributed by atoms with Crippen LogP contribution in [0, 0.1) is 11.8 Å². The van der Waals surface area contributed by atoms with Crippen molar-refractivity contribution in [3.05, 3.63) is 0 Å². The van der Waals surface area contributed by atoms with Gasteiger partial charge in [0.05, 0.1) is 0 Å². The molecule has 0 amide bonds. The third-order valence-electron chi connectivity index (χ3n) is 5.05. The summed E-state index contributed by atoms with van der Waals surface area (Å²) in [7, 11) is 0. The van der Waals surface area contributed by atoms with E-state index in [0.717, 1.165) is 38.1 Å². The lowest BCUT2D eigenvalue weighted by Gasteiger charge is -2.35. The number of nitrogens with zero attached hydrogens (tertiary/aromatic N) is 1. The topological polar surface area (TPSA) is 52.6 Å². The standard InChI is InChI=1S/C16H30N2O2/c1-12(2)17-16(15(19)20)8-4-5-14(16)7-10-18-9-6-13(3)11-18/h12-14,17H,4-11H2,1-3H3,(H,19,20). The average molecular weight is 282 g/mol. The van der Waals surface area contributed by atoms with E-state index in [1.807, 2.05) is 13.8 Å². The van der Waals surface area contributed by atoms with E-state index in [-0.39, 0.29) is 12.0 Å². The van der Waals surface area contributed by atoms with Crippen LogP contribution in [0.4, 0.5) is 0 Å². The summed E-state index contributed by atoms with van der Waals surface area (Å²) in [6.07, 6.45) is 5.17. The minimum atomic E-state index is -0.681. The highest BCUT2D eigenvalue weighted by molar-refractivity contribution is 5.79. The maximum absolute atomic E-state index is 11.8. The van der Waals surface area contributed by atoms with Gasteiger partial charge in [-0.05, 0) is 64.5 Å². The molecule has 3 unspecified atom stereocenters. The minimum absolute atomic E-state index is 0.221. The average Bonchev–Trinajstić information content (AvgIpc) is 2.93. The molecular formula is C16H30N2O2. The molecule has 0 aromatic carbocycles. The molecule has 116 valence electrons. The first kappa shape index (κ1) is 15.8. The first-order chi connectivity index (χ1) is 9.44. The number of nitrogens with one attached hydrogen (secondary N) is 1. The Labute approximate surface area is 122 Å². The maximum atomic E-state index is 11.8. The monoisotopic (exact) mass is 282 g/mol. The van der Waals surface area contributed by atoms with Crippen LogP contribution in [0.15, 0.2) is 0 Å². The molecule has 1 saturated heterocycles. The molecule has 4 heteroatoms. The van der Waals surface area contributed by atoms with Crippen LogP contribution < -0.4 is 5.32 Å². The highest BCUT2D eigenvalue weighted by atomic mass is 16.4. The molecule has 2 rings (SSSR count). The van der Waals surface area contributed by atoms with Crippen LogP contribution in [-0.4, -0.2) is 47.2 Å². The maximum Gasteiger partial charge on any atom is 0.324 e. The second kappa shape index (κ2) is 6.44. The van der Waals surface area contributed by atoms with E-state index >= 15 is 0 Å². The fourth-order valence-corrected chi connectivity index (χ4v) is 4.08. The largest absolute Gasteiger partial charge is 0.480 e. The number of carboxylic acids is 1. The number of rotatable bonds is 6. The highest BCUT2D eigenvalue weighted by Gasteiger charge is 2.49. The van der Waals surface area contributed by atoms with E-state index < -0.39 is 11.5 Å². The molecule has 0 bridgehead atoms. The summed E-state index contributed by atoms with van der Waals surface area (Å²) >= 11 is 0. The summed E-state index contributed by atoms with van der Waals surface area (Å²) in [5.74, 6) is 0.429. The molecule has 2 aliphatic rings. The smallest absolute Gasteiger partial charge is 0.324 e. The van der Waals surface area contributed by atoms with Crippen molar-refractivity contribution in [2.24, 2.45) is 11.8 Å². The number of carbonyl (C=O) groups is 1. The zero-order valence-corrected chi connectivity index (χ0v) is 13.2. The summed E-state index contributed by atoms with van der Waals surface area (Å²) in [6.45, 7) is 9.82. The van der Waals surface area contributed by atoms with Crippen LogP contribution in [0.2, 0.25) is 0 Å². The first-order valence-electron chi connectivity index (χ1n) is 8.17. The van der Waals surface area contributed by atoms with Gasteiger partial charge in [0.1, 0.15) is 5.54 Å². The van der Waals surface area contributed by atoms with Gasteiger partial charge in [-0.1, -0.05) is 13.3 Å². The lowest BCUT2D eigenvalue weighted by atomic mass is 9.84. The minimum Gasteiger partial charge on any atom is -0.480 e. The summed E-state index contributed by atoms with van der Waals surface area (Å²) in [5.41, 5.74) is -0.681. The molecule has 0 spiro atoms. The van der Waals surface area contributed by atoms with Gasteiger partial charge in [0.25, 0.3) is 0 Å². The van der Waals surface area contributed by atoms with Crippen LogP contribution in [0.3, 0.4) is 0 Å². The molecule has 4 nitrogen and oxygen atoms in total. The van der Waals surface area contributed by atoms with Crippen molar-refractivity contribution >= 4 is 5.97 Å². The molecule has 2 fully saturated rings. The highest BCUT2D eigenvalue weighted by Crippen LogP contribution is 2.39. The van der Waals surface area contributed by atoms with Gasteiger partial charge in [-0.2, -0.15) is 0 Å². The molecule has 0 aromatic heterocycles. The molecule has 2 N–H and O–H groups in total. The lowest BCUT2D eigenvalue weighted by Crippen LogP contribution is -2.57. The van der Waals surface area contributed by atoms with E-state index in [1.54, 1.807) is 0 Å². The van der Waals surface area contributed by atoms with E-state index in [4.69, 9.17) is 0 Å². The Morgan fingerprint density at radius 3 is 2.75 bits per heavy atom. The van der Waals surface area contributed by atoms with Crippen molar-refractivity contribution in [2.45, 2.75) is 64.5 Å². The van der Waals surface area contributed by atoms with Gasteiger partial charge in [-0.25, -0.2) is 0 Å². The third kappa shape index (κ3) is 3.34. The molecule has 3 atom stereocenters. The number of aliphatic carboxylic acids is 1. The normalized spacial score (nSPS) is 35.0. The second-order valence-electron chi connectivity index (χ2n) is 7.15. The lowest BCUT2D eigenvalue weighted by molar-refractivity contribution is -0.147. The van der Waals surface area contributed by atoms with Gasteiger partial charge >= 0.3 is 5.97 Å². The van der Waals surface area contributed by atoms with Gasteiger partial charge in [0, 0.05) is 12.6 Å². The first-order valence-corrected chi connectivity index (χ1v) is 8.17. The number of hydrogen-bond donors (Lipinski definition) is 2. The predicted octanol–water partition coefficient (Wildman–Crippen LogP) is 2.34. The molecule has 1 aliphatic heterocycles. The Kier molecular flexibility index (Phi) is 5.08. The Morgan fingerprint density at radius 1 is 1.45 bits per heavy atom. The van der Waals surface area contributed by atoms with Crippen molar-refractivity contribution in [3.8, 4) is 0 Å². The Balaban J connectivity index is 1.95. The zero-order chi connectivity index (χ0) is 14.8. The van der Waals surface area contributed by atoms with Crippen LogP contribution in [0.25, 0.3) is 0 Å². The second-order valence-corrected chi connectivity index (χ2v) is 7.15. The molecule has 20 heavy (non-hydrogen) atoms. The molecule has 0 radical (unpaired) electrons. The van der Waals surface area contributed by atoms with Crippen molar-refractivity contribution in [1.82, 2.24) is 10.2 Å². The Morgan fingerprint density at radius 2 is 2.20 bits per heavy atom. The van der Waals surface area contributed by atoms with E-state index in [2.05, 4.69) is 17.1 Å². The van der Waals surface area contributed by atoms with Crippen molar-refractivity contribution in [3.63, 3.8) is 0 Å². The van der Waals surface area contributed by atoms with Crippen molar-refractivity contribution < 1.29 is 9.90 Å². The molecule has 1 saturated carbocycles. The van der Waals surface area contributed by atoms with E-state index in [1.165, 1.54) is 19.5 Å². The number of hydrogen-bond acceptors (Lipinski definition) is 3. The third-order valence-corrected chi connectivity index (χ3v) is 5.05. The Hall–Kier alpha value is -0.610. The quantitative estimate of drug-likeness (QED) is 0.785.